The lowest BCUT2D eigenvalue weighted by atomic mass is 9.95. The zero-order valence-corrected chi connectivity index (χ0v) is 16.1. The molecule has 27 heavy (non-hydrogen) atoms. The van der Waals surface area contributed by atoms with Crippen LogP contribution in [0.1, 0.15) is 44.9 Å². The van der Waals surface area contributed by atoms with Gasteiger partial charge in [0.2, 0.25) is 0 Å². The van der Waals surface area contributed by atoms with E-state index in [0.29, 0.717) is 47.9 Å². The SMILES string of the molecule is CCCn1c(=O)c2[nH]c(C3C4CC5C(/C4=C/OC)C53)nc2n(CCC)c1=O. The Bertz CT molecular complexity index is 1060. The first-order chi connectivity index (χ1) is 13.1. The summed E-state index contributed by atoms with van der Waals surface area (Å²) in [5, 5.41) is 0. The number of ether oxygens (including phenoxy) is 1. The number of methoxy groups -OCH3 is 1. The molecule has 2 heterocycles. The molecule has 0 aliphatic heterocycles. The minimum absolute atomic E-state index is 0.241. The van der Waals surface area contributed by atoms with E-state index < -0.39 is 0 Å². The normalized spacial score (nSPS) is 32.0. The third-order valence-corrected chi connectivity index (χ3v) is 6.76. The van der Waals surface area contributed by atoms with E-state index >= 15 is 0 Å². The predicted octanol–water partition coefficient (Wildman–Crippen LogP) is 2.22. The van der Waals surface area contributed by atoms with Gasteiger partial charge in [0.15, 0.2) is 5.65 Å². The molecular formula is C20H26N4O3. The number of imidazole rings is 1. The number of nitrogens with one attached hydrogen (secondary N) is 1. The van der Waals surface area contributed by atoms with Crippen LogP contribution in [0.5, 0.6) is 0 Å². The van der Waals surface area contributed by atoms with Crippen molar-refractivity contribution < 1.29 is 4.74 Å². The number of H-pyrrole nitrogens is 1. The highest BCUT2D eigenvalue weighted by Gasteiger charge is 2.72. The van der Waals surface area contributed by atoms with Gasteiger partial charge in [-0.05, 0) is 48.5 Å². The van der Waals surface area contributed by atoms with Crippen LogP contribution in [0.4, 0.5) is 0 Å². The van der Waals surface area contributed by atoms with Gasteiger partial charge in [-0.25, -0.2) is 9.78 Å². The van der Waals surface area contributed by atoms with E-state index in [2.05, 4.69) is 4.98 Å². The number of allylic oxidation sites excluding steroid dienone is 1. The minimum Gasteiger partial charge on any atom is -0.504 e. The Balaban J connectivity index is 1.66. The summed E-state index contributed by atoms with van der Waals surface area (Å²) in [6, 6.07) is 0. The molecule has 7 heteroatoms. The Labute approximate surface area is 157 Å². The Morgan fingerprint density at radius 1 is 1.19 bits per heavy atom. The molecule has 4 aliphatic rings. The van der Waals surface area contributed by atoms with Crippen LogP contribution in [0, 0.1) is 23.7 Å². The van der Waals surface area contributed by atoms with E-state index in [-0.39, 0.29) is 11.2 Å². The molecule has 0 spiro atoms. The smallest absolute Gasteiger partial charge is 0.332 e. The molecule has 0 amide bonds. The molecule has 1 N–H and O–H groups in total. The van der Waals surface area contributed by atoms with Gasteiger partial charge in [-0.1, -0.05) is 13.8 Å². The molecule has 7 nitrogen and oxygen atoms in total. The molecule has 0 radical (unpaired) electrons. The molecule has 5 unspecified atom stereocenters. The summed E-state index contributed by atoms with van der Waals surface area (Å²) in [5.74, 6) is 3.63. The number of hydrogen-bond donors (Lipinski definition) is 1. The van der Waals surface area contributed by atoms with Gasteiger partial charge in [-0.3, -0.25) is 13.9 Å². The molecule has 4 aliphatic carbocycles. The molecule has 4 saturated carbocycles. The first-order valence-corrected chi connectivity index (χ1v) is 10.1. The molecule has 5 atom stereocenters. The molecule has 6 rings (SSSR count). The standard InChI is InChI=1S/C20H26N4O3/c1-4-6-23-18-16(19(25)24(7-5-2)20(23)26)21-17(22-18)15-10-8-11-13(14(11)15)12(10)9-27-3/h9-11,13-15H,4-8H2,1-3H3,(H,21,22)/b12-9+. The third kappa shape index (κ3) is 2.11. The Morgan fingerprint density at radius 3 is 2.59 bits per heavy atom. The summed E-state index contributed by atoms with van der Waals surface area (Å²) in [7, 11) is 1.70. The number of nitrogens with zero attached hydrogens (tertiary/aromatic N) is 3. The van der Waals surface area contributed by atoms with Crippen LogP contribution >= 0.6 is 0 Å². The summed E-state index contributed by atoms with van der Waals surface area (Å²) >= 11 is 0. The molecule has 0 aromatic carbocycles. The molecule has 144 valence electrons. The van der Waals surface area contributed by atoms with Crippen LogP contribution in [-0.2, 0) is 17.8 Å². The van der Waals surface area contributed by atoms with Crippen LogP contribution in [0.3, 0.4) is 0 Å². The highest BCUT2D eigenvalue weighted by atomic mass is 16.5. The third-order valence-electron chi connectivity index (χ3n) is 6.76. The fourth-order valence-electron chi connectivity index (χ4n) is 5.83. The number of rotatable bonds is 6. The van der Waals surface area contributed by atoms with Gasteiger partial charge in [-0.15, -0.1) is 0 Å². The van der Waals surface area contributed by atoms with Gasteiger partial charge in [-0.2, -0.15) is 0 Å². The van der Waals surface area contributed by atoms with Crippen molar-refractivity contribution in [2.75, 3.05) is 7.11 Å². The van der Waals surface area contributed by atoms with Crippen molar-refractivity contribution >= 4 is 11.2 Å². The molecule has 4 fully saturated rings. The maximum absolute atomic E-state index is 12.9. The maximum Gasteiger partial charge on any atom is 0.332 e. The minimum atomic E-state index is -0.242. The van der Waals surface area contributed by atoms with Crippen molar-refractivity contribution in [2.45, 2.75) is 52.1 Å². The molecule has 4 bridgehead atoms. The van der Waals surface area contributed by atoms with E-state index in [1.54, 1.807) is 11.7 Å². The predicted molar refractivity (Wildman–Crippen MR) is 102 cm³/mol. The van der Waals surface area contributed by atoms with Gasteiger partial charge in [0.25, 0.3) is 5.56 Å². The van der Waals surface area contributed by atoms with Crippen LogP contribution in [0.25, 0.3) is 11.2 Å². The summed E-state index contributed by atoms with van der Waals surface area (Å²) in [5.41, 5.74) is 1.92. The average Bonchev–Trinajstić information content (AvgIpc) is 3.07. The van der Waals surface area contributed by atoms with Gasteiger partial charge < -0.3 is 9.72 Å². The van der Waals surface area contributed by atoms with Crippen molar-refractivity contribution in [2.24, 2.45) is 23.7 Å². The fourth-order valence-corrected chi connectivity index (χ4v) is 5.83. The zero-order chi connectivity index (χ0) is 18.9. The lowest BCUT2D eigenvalue weighted by Gasteiger charge is -2.12. The van der Waals surface area contributed by atoms with Gasteiger partial charge in [0, 0.05) is 19.0 Å². The largest absolute Gasteiger partial charge is 0.504 e. The van der Waals surface area contributed by atoms with Crippen LogP contribution < -0.4 is 11.2 Å². The maximum atomic E-state index is 12.9. The Morgan fingerprint density at radius 2 is 1.93 bits per heavy atom. The monoisotopic (exact) mass is 370 g/mol. The number of hydrogen-bond acceptors (Lipinski definition) is 4. The first-order valence-electron chi connectivity index (χ1n) is 10.1. The second kappa shape index (κ2) is 5.84. The fraction of sp³-hybridized carbons (Fsp3) is 0.650. The van der Waals surface area contributed by atoms with Crippen LogP contribution in [0.15, 0.2) is 21.4 Å². The summed E-state index contributed by atoms with van der Waals surface area (Å²) in [6.45, 7) is 5.01. The summed E-state index contributed by atoms with van der Waals surface area (Å²) in [4.78, 5) is 33.9. The first kappa shape index (κ1) is 16.8. The van der Waals surface area contributed by atoms with Gasteiger partial charge in [0.1, 0.15) is 11.3 Å². The second-order valence-corrected chi connectivity index (χ2v) is 8.20. The average molecular weight is 370 g/mol. The Hall–Kier alpha value is -2.31. The molecule has 2 aromatic rings. The highest BCUT2D eigenvalue weighted by Crippen LogP contribution is 2.78. The number of aromatic amines is 1. The molecule has 0 saturated heterocycles. The van der Waals surface area contributed by atoms with Crippen LogP contribution in [0.2, 0.25) is 0 Å². The van der Waals surface area contributed by atoms with E-state index in [1.807, 2.05) is 20.1 Å². The highest BCUT2D eigenvalue weighted by molar-refractivity contribution is 5.70. The second-order valence-electron chi connectivity index (χ2n) is 8.20. The van der Waals surface area contributed by atoms with Crippen molar-refractivity contribution in [3.05, 3.63) is 38.5 Å². The van der Waals surface area contributed by atoms with Crippen molar-refractivity contribution in [1.82, 2.24) is 19.1 Å². The number of aryl methyl sites for hydroxylation is 1. The number of aromatic nitrogens is 4. The summed E-state index contributed by atoms with van der Waals surface area (Å²) < 4.78 is 8.32. The van der Waals surface area contributed by atoms with Crippen molar-refractivity contribution in [3.8, 4) is 0 Å². The van der Waals surface area contributed by atoms with E-state index in [1.165, 1.54) is 16.6 Å². The molecule has 2 aromatic heterocycles. The summed E-state index contributed by atoms with van der Waals surface area (Å²) in [6.07, 6.45) is 4.67. The quantitative estimate of drug-likeness (QED) is 0.791. The Kier molecular flexibility index (Phi) is 3.64. The van der Waals surface area contributed by atoms with E-state index in [9.17, 15) is 9.59 Å². The van der Waals surface area contributed by atoms with Crippen molar-refractivity contribution in [3.63, 3.8) is 0 Å². The van der Waals surface area contributed by atoms with Gasteiger partial charge >= 0.3 is 5.69 Å². The lowest BCUT2D eigenvalue weighted by molar-refractivity contribution is 0.329. The van der Waals surface area contributed by atoms with Crippen LogP contribution in [-0.4, -0.2) is 26.2 Å². The van der Waals surface area contributed by atoms with E-state index in [0.717, 1.165) is 24.6 Å². The van der Waals surface area contributed by atoms with E-state index in [4.69, 9.17) is 9.72 Å². The lowest BCUT2D eigenvalue weighted by Crippen LogP contribution is -2.40. The van der Waals surface area contributed by atoms with Crippen molar-refractivity contribution in [1.29, 1.82) is 0 Å². The number of fused-ring (bicyclic) bond motifs is 1. The zero-order valence-electron chi connectivity index (χ0n) is 16.1. The molecular weight excluding hydrogens is 344 g/mol. The topological polar surface area (TPSA) is 81.9 Å². The van der Waals surface area contributed by atoms with Gasteiger partial charge in [0.05, 0.1) is 13.4 Å².